The molecule has 1 heterocycles. The second-order valence-electron chi connectivity index (χ2n) is 4.58. The topological polar surface area (TPSA) is 47.6 Å². The minimum atomic E-state index is -0.258. The van der Waals surface area contributed by atoms with Gasteiger partial charge in [-0.1, -0.05) is 6.92 Å². The smallest absolute Gasteiger partial charge is 0.328 e. The Morgan fingerprint density at radius 1 is 1.50 bits per heavy atom. The third kappa shape index (κ3) is 2.42. The van der Waals surface area contributed by atoms with E-state index < -0.39 is 0 Å². The third-order valence-electron chi connectivity index (χ3n) is 3.27. The molecule has 1 aromatic carbocycles. The fourth-order valence-corrected chi connectivity index (χ4v) is 2.30. The first kappa shape index (κ1) is 12.7. The van der Waals surface area contributed by atoms with Crippen LogP contribution in [0.15, 0.2) is 18.2 Å². The van der Waals surface area contributed by atoms with E-state index in [1.165, 1.54) is 5.56 Å². The molecule has 0 fully saturated rings. The summed E-state index contributed by atoms with van der Waals surface area (Å²) in [6.07, 6.45) is 0.850. The van der Waals surface area contributed by atoms with Crippen molar-refractivity contribution in [3.05, 3.63) is 23.8 Å². The molecular formula is C14H19NO3. The zero-order valence-corrected chi connectivity index (χ0v) is 11.0. The predicted molar refractivity (Wildman–Crippen MR) is 69.9 cm³/mol. The number of benzene rings is 1. The van der Waals surface area contributed by atoms with Gasteiger partial charge in [0.1, 0.15) is 11.8 Å². The fraction of sp³-hybridized carbons (Fsp3) is 0.500. The van der Waals surface area contributed by atoms with Gasteiger partial charge in [-0.2, -0.15) is 0 Å². The van der Waals surface area contributed by atoms with Gasteiger partial charge in [-0.05, 0) is 43.0 Å². The number of fused-ring (bicyclic) bond motifs is 1. The average Bonchev–Trinajstić information content (AvgIpc) is 2.37. The maximum atomic E-state index is 11.8. The van der Waals surface area contributed by atoms with Crippen LogP contribution in [0.25, 0.3) is 0 Å². The maximum Gasteiger partial charge on any atom is 0.328 e. The van der Waals surface area contributed by atoms with Gasteiger partial charge in [-0.3, -0.25) is 0 Å². The summed E-state index contributed by atoms with van der Waals surface area (Å²) in [6.45, 7) is 4.29. The molecule has 1 aliphatic rings. The molecule has 0 aromatic heterocycles. The Morgan fingerprint density at radius 2 is 2.28 bits per heavy atom. The number of carbonyl (C=O) groups is 1. The molecule has 0 aliphatic carbocycles. The molecule has 2 atom stereocenters. The normalized spacial score (nSPS) is 21.7. The maximum absolute atomic E-state index is 11.8. The summed E-state index contributed by atoms with van der Waals surface area (Å²) in [4.78, 5) is 11.8. The van der Waals surface area contributed by atoms with Crippen LogP contribution in [-0.2, 0) is 16.0 Å². The third-order valence-corrected chi connectivity index (χ3v) is 3.27. The molecule has 0 saturated heterocycles. The van der Waals surface area contributed by atoms with Crippen LogP contribution < -0.4 is 10.1 Å². The quantitative estimate of drug-likeness (QED) is 0.834. The lowest BCUT2D eigenvalue weighted by Crippen LogP contribution is -2.41. The Kier molecular flexibility index (Phi) is 3.75. The highest BCUT2D eigenvalue weighted by Gasteiger charge is 2.31. The fourth-order valence-electron chi connectivity index (χ4n) is 2.30. The summed E-state index contributed by atoms with van der Waals surface area (Å²) < 4.78 is 10.3. The molecule has 98 valence electrons. The lowest BCUT2D eigenvalue weighted by Gasteiger charge is -2.31. The monoisotopic (exact) mass is 249 g/mol. The highest BCUT2D eigenvalue weighted by Crippen LogP contribution is 2.31. The van der Waals surface area contributed by atoms with Gasteiger partial charge >= 0.3 is 5.97 Å². The minimum absolute atomic E-state index is 0.175. The van der Waals surface area contributed by atoms with E-state index in [2.05, 4.69) is 12.2 Å². The SMILES string of the molecule is CCOC(=O)C1Nc2ccc(OC)cc2C[C@H]1C. The highest BCUT2D eigenvalue weighted by molar-refractivity contribution is 5.81. The molecular weight excluding hydrogens is 230 g/mol. The van der Waals surface area contributed by atoms with E-state index in [1.807, 2.05) is 25.1 Å². The van der Waals surface area contributed by atoms with E-state index in [0.717, 1.165) is 17.9 Å². The Bertz CT molecular complexity index is 445. The first-order chi connectivity index (χ1) is 8.65. The molecule has 0 saturated carbocycles. The first-order valence-electron chi connectivity index (χ1n) is 6.25. The number of methoxy groups -OCH3 is 1. The molecule has 4 nitrogen and oxygen atoms in total. The van der Waals surface area contributed by atoms with Crippen molar-refractivity contribution in [3.8, 4) is 5.75 Å². The van der Waals surface area contributed by atoms with Crippen molar-refractivity contribution in [1.29, 1.82) is 0 Å². The largest absolute Gasteiger partial charge is 0.497 e. The lowest BCUT2D eigenvalue weighted by atomic mass is 9.88. The van der Waals surface area contributed by atoms with Crippen LogP contribution >= 0.6 is 0 Å². The van der Waals surface area contributed by atoms with Crippen LogP contribution in [-0.4, -0.2) is 25.7 Å². The van der Waals surface area contributed by atoms with Crippen LogP contribution in [0.4, 0.5) is 5.69 Å². The number of carbonyl (C=O) groups excluding carboxylic acids is 1. The number of hydrogen-bond donors (Lipinski definition) is 1. The Morgan fingerprint density at radius 3 is 2.94 bits per heavy atom. The zero-order chi connectivity index (χ0) is 13.1. The average molecular weight is 249 g/mol. The lowest BCUT2D eigenvalue weighted by molar-refractivity contribution is -0.145. The van der Waals surface area contributed by atoms with Crippen LogP contribution in [0.1, 0.15) is 19.4 Å². The second-order valence-corrected chi connectivity index (χ2v) is 4.58. The van der Waals surface area contributed by atoms with Gasteiger partial charge in [0, 0.05) is 5.69 Å². The van der Waals surface area contributed by atoms with Crippen molar-refractivity contribution >= 4 is 11.7 Å². The Labute approximate surface area is 107 Å². The zero-order valence-electron chi connectivity index (χ0n) is 11.0. The molecule has 1 aromatic rings. The van der Waals surface area contributed by atoms with Gasteiger partial charge < -0.3 is 14.8 Å². The van der Waals surface area contributed by atoms with E-state index in [0.29, 0.717) is 6.61 Å². The van der Waals surface area contributed by atoms with Gasteiger partial charge in [-0.15, -0.1) is 0 Å². The van der Waals surface area contributed by atoms with E-state index in [1.54, 1.807) is 7.11 Å². The highest BCUT2D eigenvalue weighted by atomic mass is 16.5. The van der Waals surface area contributed by atoms with Crippen LogP contribution in [0.3, 0.4) is 0 Å². The van der Waals surface area contributed by atoms with E-state index in [9.17, 15) is 4.79 Å². The predicted octanol–water partition coefficient (Wildman–Crippen LogP) is 2.23. The van der Waals surface area contributed by atoms with Gasteiger partial charge in [0.2, 0.25) is 0 Å². The minimum Gasteiger partial charge on any atom is -0.497 e. The van der Waals surface area contributed by atoms with Gasteiger partial charge in [0.25, 0.3) is 0 Å². The summed E-state index contributed by atoms with van der Waals surface area (Å²) in [5.41, 5.74) is 2.18. The molecule has 1 unspecified atom stereocenters. The van der Waals surface area contributed by atoms with Gasteiger partial charge in [0.15, 0.2) is 0 Å². The van der Waals surface area contributed by atoms with Gasteiger partial charge in [0.05, 0.1) is 13.7 Å². The molecule has 0 radical (unpaired) electrons. The summed E-state index contributed by atoms with van der Waals surface area (Å²) in [5, 5.41) is 3.25. The standard InChI is InChI=1S/C14H19NO3/c1-4-18-14(16)13-9(2)7-10-8-11(17-3)5-6-12(10)15-13/h5-6,8-9,13,15H,4,7H2,1-3H3/t9-,13?/m1/s1. The molecule has 1 N–H and O–H groups in total. The summed E-state index contributed by atoms with van der Waals surface area (Å²) in [5.74, 6) is 0.882. The van der Waals surface area contributed by atoms with Crippen LogP contribution in [0.5, 0.6) is 5.75 Å². The number of esters is 1. The van der Waals surface area contributed by atoms with Crippen LogP contribution in [0, 0.1) is 5.92 Å². The van der Waals surface area contributed by atoms with E-state index in [-0.39, 0.29) is 17.9 Å². The summed E-state index contributed by atoms with van der Waals surface area (Å²) in [7, 11) is 1.66. The Hall–Kier alpha value is -1.71. The van der Waals surface area contributed by atoms with Crippen molar-refractivity contribution in [3.63, 3.8) is 0 Å². The van der Waals surface area contributed by atoms with Crippen LogP contribution in [0.2, 0.25) is 0 Å². The molecule has 0 bridgehead atoms. The van der Waals surface area contributed by atoms with Crippen molar-refractivity contribution < 1.29 is 14.3 Å². The summed E-state index contributed by atoms with van der Waals surface area (Å²) in [6, 6.07) is 5.60. The second kappa shape index (κ2) is 5.29. The Balaban J connectivity index is 2.20. The number of rotatable bonds is 3. The van der Waals surface area contributed by atoms with Crippen molar-refractivity contribution in [1.82, 2.24) is 0 Å². The van der Waals surface area contributed by atoms with E-state index in [4.69, 9.17) is 9.47 Å². The molecule has 4 heteroatoms. The van der Waals surface area contributed by atoms with E-state index >= 15 is 0 Å². The van der Waals surface area contributed by atoms with Crippen molar-refractivity contribution in [2.45, 2.75) is 26.3 Å². The molecule has 0 amide bonds. The molecule has 18 heavy (non-hydrogen) atoms. The molecule has 0 spiro atoms. The molecule has 2 rings (SSSR count). The van der Waals surface area contributed by atoms with Gasteiger partial charge in [-0.25, -0.2) is 4.79 Å². The van der Waals surface area contributed by atoms with Crippen molar-refractivity contribution in [2.24, 2.45) is 5.92 Å². The number of ether oxygens (including phenoxy) is 2. The first-order valence-corrected chi connectivity index (χ1v) is 6.25. The number of anilines is 1. The van der Waals surface area contributed by atoms with Crippen molar-refractivity contribution in [2.75, 3.05) is 19.0 Å². The molecule has 1 aliphatic heterocycles. The number of nitrogens with one attached hydrogen (secondary N) is 1. The summed E-state index contributed by atoms with van der Waals surface area (Å²) >= 11 is 0. The number of hydrogen-bond acceptors (Lipinski definition) is 4.